The van der Waals surface area contributed by atoms with E-state index in [4.69, 9.17) is 14.2 Å². The van der Waals surface area contributed by atoms with Gasteiger partial charge < -0.3 is 19.3 Å². The van der Waals surface area contributed by atoms with Crippen LogP contribution in [0.2, 0.25) is 0 Å². The summed E-state index contributed by atoms with van der Waals surface area (Å²) in [5, 5.41) is 14.7. The number of hydrogen-bond acceptors (Lipinski definition) is 6. The Morgan fingerprint density at radius 2 is 2.00 bits per heavy atom. The van der Waals surface area contributed by atoms with Crippen LogP contribution in [-0.4, -0.2) is 46.8 Å². The van der Waals surface area contributed by atoms with Gasteiger partial charge in [-0.05, 0) is 45.6 Å². The monoisotopic (exact) mass is 417 g/mol. The van der Waals surface area contributed by atoms with Gasteiger partial charge >= 0.3 is 5.97 Å². The quantitative estimate of drug-likeness (QED) is 0.717. The van der Waals surface area contributed by atoms with Crippen LogP contribution in [0.4, 0.5) is 0 Å². The normalized spacial score (nSPS) is 40.7. The Bertz CT molecular complexity index is 798. The third-order valence-electron chi connectivity index (χ3n) is 7.97. The van der Waals surface area contributed by atoms with Crippen LogP contribution in [0.15, 0.2) is 30.3 Å². The molecule has 6 nitrogen and oxygen atoms in total. The largest absolute Gasteiger partial charge is 0.460 e. The summed E-state index contributed by atoms with van der Waals surface area (Å²) in [7, 11) is 0. The van der Waals surface area contributed by atoms with Gasteiger partial charge in [-0.3, -0.25) is 10.1 Å². The molecule has 166 valence electrons. The first-order valence-corrected chi connectivity index (χ1v) is 11.0. The van der Waals surface area contributed by atoms with E-state index in [1.807, 2.05) is 51.1 Å². The van der Waals surface area contributed by atoms with Gasteiger partial charge in [-0.1, -0.05) is 37.3 Å². The lowest BCUT2D eigenvalue weighted by atomic mass is 9.55. The Morgan fingerprint density at radius 1 is 1.30 bits per heavy atom. The average molecular weight is 418 g/mol. The Kier molecular flexibility index (Phi) is 5.29. The molecule has 1 aromatic rings. The second-order valence-corrected chi connectivity index (χ2v) is 10.3. The fourth-order valence-corrected chi connectivity index (χ4v) is 6.02. The maximum Gasteiger partial charge on any atom is 0.303 e. The van der Waals surface area contributed by atoms with Crippen LogP contribution in [0.3, 0.4) is 0 Å². The Morgan fingerprint density at radius 3 is 2.67 bits per heavy atom. The summed E-state index contributed by atoms with van der Waals surface area (Å²) in [6.45, 7) is 10.8. The van der Waals surface area contributed by atoms with Gasteiger partial charge in [0.05, 0.1) is 6.61 Å². The number of carbonyl (C=O) groups excluding carboxylic acids is 1. The van der Waals surface area contributed by atoms with Crippen molar-refractivity contribution in [2.24, 2.45) is 11.3 Å². The third kappa shape index (κ3) is 3.20. The first-order chi connectivity index (χ1) is 14.0. The van der Waals surface area contributed by atoms with Crippen molar-refractivity contribution in [2.45, 2.75) is 89.6 Å². The molecule has 2 heterocycles. The van der Waals surface area contributed by atoms with Crippen LogP contribution in [0, 0.1) is 11.3 Å². The number of aliphatic hydroxyl groups excluding tert-OH is 1. The topological polar surface area (TPSA) is 77.0 Å². The van der Waals surface area contributed by atoms with Crippen molar-refractivity contribution in [3.8, 4) is 0 Å². The molecule has 2 saturated heterocycles. The standard InChI is InChI=1S/C24H35NO5/c1-16(26)29-21(2,3)18-11-12-22(4)15-28-23(5)19(27)20(30-24(22,23)13-18)25-14-17-9-7-6-8-10-17/h6-10,18-20,25,27H,11-15H2,1-5H3/t18-,19-,20+,22+,23-,24-/m1/s1. The number of benzene rings is 1. The molecule has 0 bridgehead atoms. The van der Waals surface area contributed by atoms with Crippen LogP contribution in [-0.2, 0) is 25.5 Å². The molecule has 3 fully saturated rings. The van der Waals surface area contributed by atoms with Gasteiger partial charge in [0, 0.05) is 24.8 Å². The summed E-state index contributed by atoms with van der Waals surface area (Å²) in [5.74, 6) is -0.151. The van der Waals surface area contributed by atoms with Crippen molar-refractivity contribution in [1.82, 2.24) is 5.32 Å². The van der Waals surface area contributed by atoms with Crippen molar-refractivity contribution in [3.05, 3.63) is 35.9 Å². The van der Waals surface area contributed by atoms with Gasteiger partial charge in [0.15, 0.2) is 0 Å². The number of rotatable bonds is 5. The highest BCUT2D eigenvalue weighted by molar-refractivity contribution is 5.66. The van der Waals surface area contributed by atoms with Gasteiger partial charge in [0.2, 0.25) is 0 Å². The summed E-state index contributed by atoms with van der Waals surface area (Å²) in [6, 6.07) is 10.1. The second-order valence-electron chi connectivity index (χ2n) is 10.3. The summed E-state index contributed by atoms with van der Waals surface area (Å²) in [5.41, 5.74) is -1.13. The minimum absolute atomic E-state index is 0.121. The van der Waals surface area contributed by atoms with Gasteiger partial charge in [0.1, 0.15) is 29.1 Å². The lowest BCUT2D eigenvalue weighted by molar-refractivity contribution is -0.193. The van der Waals surface area contributed by atoms with E-state index in [2.05, 4.69) is 12.2 Å². The van der Waals surface area contributed by atoms with Crippen LogP contribution < -0.4 is 5.32 Å². The number of hydrogen-bond donors (Lipinski definition) is 2. The molecule has 1 saturated carbocycles. The van der Waals surface area contributed by atoms with Crippen molar-refractivity contribution in [1.29, 1.82) is 0 Å². The molecule has 0 radical (unpaired) electrons. The minimum Gasteiger partial charge on any atom is -0.460 e. The Labute approximate surface area is 179 Å². The average Bonchev–Trinajstić information content (AvgIpc) is 3.04. The first kappa shape index (κ1) is 21.8. The van der Waals surface area contributed by atoms with E-state index in [0.29, 0.717) is 19.6 Å². The van der Waals surface area contributed by atoms with Crippen molar-refractivity contribution in [2.75, 3.05) is 6.61 Å². The number of aliphatic hydroxyl groups is 1. The van der Waals surface area contributed by atoms with E-state index < -0.39 is 29.1 Å². The maximum absolute atomic E-state index is 11.7. The summed E-state index contributed by atoms with van der Waals surface area (Å²) >= 11 is 0. The Hall–Kier alpha value is -1.47. The number of ether oxygens (including phenoxy) is 3. The maximum atomic E-state index is 11.7. The molecule has 0 amide bonds. The molecule has 2 aliphatic heterocycles. The second kappa shape index (κ2) is 7.30. The fraction of sp³-hybridized carbons (Fsp3) is 0.708. The van der Waals surface area contributed by atoms with Gasteiger partial charge in [-0.15, -0.1) is 0 Å². The Balaban J connectivity index is 1.59. The van der Waals surface area contributed by atoms with E-state index in [0.717, 1.165) is 18.4 Å². The third-order valence-corrected chi connectivity index (χ3v) is 7.97. The molecular formula is C24H35NO5. The highest BCUT2D eigenvalue weighted by Gasteiger charge is 2.76. The van der Waals surface area contributed by atoms with Crippen LogP contribution in [0.1, 0.15) is 59.4 Å². The predicted molar refractivity (Wildman–Crippen MR) is 113 cm³/mol. The van der Waals surface area contributed by atoms with Gasteiger partial charge in [-0.2, -0.15) is 0 Å². The van der Waals surface area contributed by atoms with E-state index in [1.165, 1.54) is 6.92 Å². The highest BCUT2D eigenvalue weighted by atomic mass is 16.6. The highest BCUT2D eigenvalue weighted by Crippen LogP contribution is 2.65. The molecule has 1 aliphatic carbocycles. The first-order valence-electron chi connectivity index (χ1n) is 11.0. The van der Waals surface area contributed by atoms with E-state index in [-0.39, 0.29) is 17.3 Å². The summed E-state index contributed by atoms with van der Waals surface area (Å²) in [6.07, 6.45) is 1.19. The van der Waals surface area contributed by atoms with Gasteiger partial charge in [-0.25, -0.2) is 0 Å². The molecule has 4 rings (SSSR count). The fourth-order valence-electron chi connectivity index (χ4n) is 6.02. The molecule has 6 atom stereocenters. The van der Waals surface area contributed by atoms with Crippen LogP contribution in [0.5, 0.6) is 0 Å². The van der Waals surface area contributed by atoms with Crippen molar-refractivity contribution >= 4 is 5.97 Å². The van der Waals surface area contributed by atoms with Crippen LogP contribution in [0.25, 0.3) is 0 Å². The molecule has 1 aromatic carbocycles. The zero-order valence-corrected chi connectivity index (χ0v) is 18.7. The van der Waals surface area contributed by atoms with Crippen LogP contribution >= 0.6 is 0 Å². The molecule has 1 spiro atoms. The number of esters is 1. The molecule has 30 heavy (non-hydrogen) atoms. The summed E-state index contributed by atoms with van der Waals surface area (Å²) in [4.78, 5) is 11.7. The molecule has 2 N–H and O–H groups in total. The lowest BCUT2D eigenvalue weighted by Crippen LogP contribution is -2.62. The zero-order chi connectivity index (χ0) is 21.8. The molecule has 6 heteroatoms. The van der Waals surface area contributed by atoms with E-state index in [1.54, 1.807) is 0 Å². The predicted octanol–water partition coefficient (Wildman–Crippen LogP) is 3.17. The number of nitrogens with one attached hydrogen (secondary N) is 1. The molecular weight excluding hydrogens is 382 g/mol. The minimum atomic E-state index is -0.818. The van der Waals surface area contributed by atoms with Gasteiger partial charge in [0.25, 0.3) is 0 Å². The van der Waals surface area contributed by atoms with Crippen molar-refractivity contribution in [3.63, 3.8) is 0 Å². The van der Waals surface area contributed by atoms with Crippen molar-refractivity contribution < 1.29 is 24.1 Å². The molecule has 3 aliphatic rings. The van der Waals surface area contributed by atoms with E-state index >= 15 is 0 Å². The van der Waals surface area contributed by atoms with E-state index in [9.17, 15) is 9.90 Å². The molecule has 0 unspecified atom stereocenters. The number of carbonyl (C=O) groups is 1. The SMILES string of the molecule is CC(=O)OC(C)(C)[C@@H]1CC[C@@]2(C)CO[C@]3(C)[C@H](O)[C@@H](NCc4ccccc4)O[C@]23C1. The summed E-state index contributed by atoms with van der Waals surface area (Å²) < 4.78 is 18.7. The lowest BCUT2D eigenvalue weighted by Gasteiger charge is -2.53. The zero-order valence-electron chi connectivity index (χ0n) is 18.7. The molecule has 0 aromatic heterocycles. The smallest absolute Gasteiger partial charge is 0.303 e.